The van der Waals surface area contributed by atoms with Gasteiger partial charge in [0.15, 0.2) is 11.5 Å². The number of hydrogen-bond donors (Lipinski definition) is 2. The molecule has 0 bridgehead atoms. The van der Waals surface area contributed by atoms with Crippen LogP contribution in [0.5, 0.6) is 17.2 Å². The summed E-state index contributed by atoms with van der Waals surface area (Å²) < 4.78 is 67.0. The summed E-state index contributed by atoms with van der Waals surface area (Å²) in [6.45, 7) is 3.84. The first-order chi connectivity index (χ1) is 15.1. The lowest BCUT2D eigenvalue weighted by Crippen LogP contribution is -2.30. The molecule has 0 atom stereocenters. The van der Waals surface area contributed by atoms with Gasteiger partial charge in [-0.15, -0.1) is 8.78 Å². The van der Waals surface area contributed by atoms with E-state index in [4.69, 9.17) is 4.74 Å². The molecule has 32 heavy (non-hydrogen) atoms. The van der Waals surface area contributed by atoms with Crippen LogP contribution in [-0.2, 0) is 14.8 Å². The van der Waals surface area contributed by atoms with Gasteiger partial charge in [-0.25, -0.2) is 8.42 Å². The molecule has 0 fully saturated rings. The zero-order valence-electron chi connectivity index (χ0n) is 17.6. The molecule has 0 aromatic heterocycles. The second kappa shape index (κ2) is 9.17. The van der Waals surface area contributed by atoms with E-state index in [2.05, 4.69) is 20.1 Å². The van der Waals surface area contributed by atoms with Gasteiger partial charge in [-0.2, -0.15) is 4.31 Å². The van der Waals surface area contributed by atoms with Crippen LogP contribution in [0.4, 0.5) is 20.2 Å². The highest BCUT2D eigenvalue weighted by molar-refractivity contribution is 7.89. The third kappa shape index (κ3) is 5.02. The Kier molecular flexibility index (Phi) is 6.74. The molecule has 1 heterocycles. The summed E-state index contributed by atoms with van der Waals surface area (Å²) in [6, 6.07) is 8.21. The van der Waals surface area contributed by atoms with Crippen LogP contribution < -0.4 is 24.8 Å². The number of ether oxygens (including phenoxy) is 3. The summed E-state index contributed by atoms with van der Waals surface area (Å²) in [5.41, 5.74) is 0.530. The highest BCUT2D eigenvalue weighted by atomic mass is 32.2. The largest absolute Gasteiger partial charge is 0.586 e. The molecule has 2 aromatic rings. The topological polar surface area (TPSA) is 106 Å². The Morgan fingerprint density at radius 1 is 1.09 bits per heavy atom. The number of nitrogens with zero attached hydrogens (tertiary/aromatic N) is 1. The molecule has 2 N–H and O–H groups in total. The lowest BCUT2D eigenvalue weighted by atomic mass is 10.2. The Labute approximate surface area is 184 Å². The van der Waals surface area contributed by atoms with E-state index in [0.29, 0.717) is 18.8 Å². The number of methoxy groups -OCH3 is 1. The fourth-order valence-electron chi connectivity index (χ4n) is 3.09. The number of carbonyl (C=O) groups is 1. The van der Waals surface area contributed by atoms with Crippen molar-refractivity contribution in [3.8, 4) is 17.2 Å². The molecule has 174 valence electrons. The van der Waals surface area contributed by atoms with Crippen LogP contribution >= 0.6 is 0 Å². The van der Waals surface area contributed by atoms with Crippen molar-refractivity contribution in [1.29, 1.82) is 0 Å². The molecule has 1 aliphatic rings. The summed E-state index contributed by atoms with van der Waals surface area (Å²) in [6.07, 6.45) is -3.73. The van der Waals surface area contributed by atoms with Crippen LogP contribution in [0.25, 0.3) is 0 Å². The Morgan fingerprint density at radius 3 is 2.44 bits per heavy atom. The monoisotopic (exact) mass is 471 g/mol. The van der Waals surface area contributed by atoms with Crippen molar-refractivity contribution in [3.05, 3.63) is 36.4 Å². The van der Waals surface area contributed by atoms with Crippen molar-refractivity contribution >= 4 is 27.3 Å². The van der Waals surface area contributed by atoms with Crippen LogP contribution in [0.2, 0.25) is 0 Å². The van der Waals surface area contributed by atoms with Crippen LogP contribution in [0.1, 0.15) is 13.8 Å². The van der Waals surface area contributed by atoms with Crippen molar-refractivity contribution in [3.63, 3.8) is 0 Å². The number of halogens is 2. The second-order valence-corrected chi connectivity index (χ2v) is 8.62. The minimum atomic E-state index is -3.73. The molecule has 0 saturated heterocycles. The number of alkyl halides is 2. The molecule has 9 nitrogen and oxygen atoms in total. The number of sulfonamides is 1. The van der Waals surface area contributed by atoms with E-state index >= 15 is 0 Å². The third-order valence-corrected chi connectivity index (χ3v) is 6.69. The second-order valence-electron chi connectivity index (χ2n) is 6.68. The normalized spacial score (nSPS) is 14.3. The van der Waals surface area contributed by atoms with Crippen LogP contribution in [-0.4, -0.2) is 51.7 Å². The van der Waals surface area contributed by atoms with E-state index in [9.17, 15) is 22.0 Å². The van der Waals surface area contributed by atoms with Crippen molar-refractivity contribution in [2.24, 2.45) is 0 Å². The molecule has 2 aromatic carbocycles. The van der Waals surface area contributed by atoms with E-state index in [-0.39, 0.29) is 34.4 Å². The first-order valence-corrected chi connectivity index (χ1v) is 11.2. The van der Waals surface area contributed by atoms with Crippen molar-refractivity contribution in [2.45, 2.75) is 25.0 Å². The van der Waals surface area contributed by atoms with E-state index in [1.807, 2.05) is 0 Å². The SMILES string of the molecule is CCN(CC)S(=O)(=O)c1ccc(OC)c(NC(=O)CNc2ccc3c(c2)OC(F)(F)O3)c1. The van der Waals surface area contributed by atoms with Gasteiger partial charge in [0, 0.05) is 24.8 Å². The predicted octanol–water partition coefficient (Wildman–Crippen LogP) is 3.10. The Hall–Kier alpha value is -3.12. The number of fused-ring (bicyclic) bond motifs is 1. The summed E-state index contributed by atoms with van der Waals surface area (Å²) >= 11 is 0. The quantitative estimate of drug-likeness (QED) is 0.579. The Morgan fingerprint density at radius 2 is 1.78 bits per heavy atom. The molecule has 1 aliphatic heterocycles. The number of rotatable bonds is 9. The van der Waals surface area contributed by atoms with Crippen LogP contribution in [0.3, 0.4) is 0 Å². The average Bonchev–Trinajstić information content (AvgIpc) is 3.05. The maximum absolute atomic E-state index is 13.1. The first kappa shape index (κ1) is 23.5. The first-order valence-electron chi connectivity index (χ1n) is 9.71. The number of benzene rings is 2. The van der Waals surface area contributed by atoms with E-state index < -0.39 is 22.2 Å². The molecule has 12 heteroatoms. The van der Waals surface area contributed by atoms with Gasteiger partial charge in [0.1, 0.15) is 5.75 Å². The number of nitrogens with one attached hydrogen (secondary N) is 2. The number of carbonyl (C=O) groups excluding carboxylic acids is 1. The van der Waals surface area contributed by atoms with Crippen molar-refractivity contribution in [1.82, 2.24) is 4.31 Å². The molecule has 1 amide bonds. The molecule has 0 radical (unpaired) electrons. The molecule has 3 rings (SSSR count). The molecule has 0 unspecified atom stereocenters. The minimum Gasteiger partial charge on any atom is -0.495 e. The lowest BCUT2D eigenvalue weighted by Gasteiger charge is -2.19. The Bertz CT molecular complexity index is 1110. The fourth-order valence-corrected chi connectivity index (χ4v) is 4.58. The summed E-state index contributed by atoms with van der Waals surface area (Å²) in [7, 11) is -2.34. The highest BCUT2D eigenvalue weighted by Gasteiger charge is 2.43. The molecule has 0 spiro atoms. The molecular weight excluding hydrogens is 448 g/mol. The minimum absolute atomic E-state index is 0.0157. The molecular formula is C20H23F2N3O6S. The number of amides is 1. The van der Waals surface area contributed by atoms with Gasteiger partial charge in [-0.05, 0) is 30.3 Å². The molecule has 0 saturated carbocycles. The zero-order valence-corrected chi connectivity index (χ0v) is 18.5. The maximum atomic E-state index is 13.1. The van der Waals surface area contributed by atoms with E-state index in [1.165, 1.54) is 47.8 Å². The number of hydrogen-bond acceptors (Lipinski definition) is 7. The molecule has 0 aliphatic carbocycles. The van der Waals surface area contributed by atoms with Gasteiger partial charge in [0.2, 0.25) is 15.9 Å². The smallest absolute Gasteiger partial charge is 0.495 e. The van der Waals surface area contributed by atoms with E-state index in [0.717, 1.165) is 0 Å². The summed E-state index contributed by atoms with van der Waals surface area (Å²) in [5, 5.41) is 5.38. The predicted molar refractivity (Wildman–Crippen MR) is 113 cm³/mol. The van der Waals surface area contributed by atoms with Crippen molar-refractivity contribution in [2.75, 3.05) is 37.4 Å². The zero-order chi connectivity index (χ0) is 23.5. The fraction of sp³-hybridized carbons (Fsp3) is 0.350. The highest BCUT2D eigenvalue weighted by Crippen LogP contribution is 2.42. The average molecular weight is 471 g/mol. The van der Waals surface area contributed by atoms with Crippen LogP contribution in [0, 0.1) is 0 Å². The van der Waals surface area contributed by atoms with Gasteiger partial charge in [0.25, 0.3) is 0 Å². The maximum Gasteiger partial charge on any atom is 0.586 e. The third-order valence-electron chi connectivity index (χ3n) is 4.64. The van der Waals surface area contributed by atoms with Crippen LogP contribution in [0.15, 0.2) is 41.3 Å². The van der Waals surface area contributed by atoms with E-state index in [1.54, 1.807) is 13.8 Å². The van der Waals surface area contributed by atoms with Gasteiger partial charge < -0.3 is 24.8 Å². The van der Waals surface area contributed by atoms with Gasteiger partial charge in [-0.1, -0.05) is 13.8 Å². The van der Waals surface area contributed by atoms with Gasteiger partial charge in [-0.3, -0.25) is 4.79 Å². The summed E-state index contributed by atoms with van der Waals surface area (Å²) in [4.78, 5) is 12.4. The number of anilines is 2. The Balaban J connectivity index is 1.71. The lowest BCUT2D eigenvalue weighted by molar-refractivity contribution is -0.286. The van der Waals surface area contributed by atoms with Crippen molar-refractivity contribution < 1.29 is 36.2 Å². The summed E-state index contributed by atoms with van der Waals surface area (Å²) in [5.74, 6) is -0.497. The van der Waals surface area contributed by atoms with Gasteiger partial charge >= 0.3 is 6.29 Å². The van der Waals surface area contributed by atoms with Gasteiger partial charge in [0.05, 0.1) is 24.2 Å². The standard InChI is InChI=1S/C20H23F2N3O6S/c1-4-25(5-2)32(27,28)14-7-9-16(29-3)15(11-14)24-19(26)12-23-13-6-8-17-18(10-13)31-20(21,22)30-17/h6-11,23H,4-5,12H2,1-3H3,(H,24,26).